The summed E-state index contributed by atoms with van der Waals surface area (Å²) in [5.41, 5.74) is 2.33. The van der Waals surface area contributed by atoms with Crippen LogP contribution in [0.5, 0.6) is 0 Å². The third kappa shape index (κ3) is 4.21. The number of aliphatic hydroxyl groups excluding tert-OH is 1. The number of hydrogen-bond acceptors (Lipinski definition) is 4. The number of aliphatic hydroxyl groups is 1. The number of rotatable bonds is 6. The van der Waals surface area contributed by atoms with Crippen LogP contribution in [0.3, 0.4) is 0 Å². The average molecular weight is 338 g/mol. The van der Waals surface area contributed by atoms with Crippen LogP contribution >= 0.6 is 0 Å². The van der Waals surface area contributed by atoms with Crippen LogP contribution in [0.25, 0.3) is 11.0 Å². The largest absolute Gasteiger partial charge is 0.394 e. The molecular formula is C18H18N4O3. The summed E-state index contributed by atoms with van der Waals surface area (Å²) in [4.78, 5) is 31.5. The minimum absolute atomic E-state index is 0.134. The van der Waals surface area contributed by atoms with Crippen LogP contribution in [0.15, 0.2) is 54.6 Å². The summed E-state index contributed by atoms with van der Waals surface area (Å²) >= 11 is 0. The van der Waals surface area contributed by atoms with Crippen molar-refractivity contribution in [1.29, 1.82) is 0 Å². The van der Waals surface area contributed by atoms with Crippen molar-refractivity contribution in [3.05, 3.63) is 60.2 Å². The zero-order valence-electron chi connectivity index (χ0n) is 13.4. The molecule has 1 heterocycles. The van der Waals surface area contributed by atoms with E-state index in [1.165, 1.54) is 0 Å². The highest BCUT2D eigenvalue weighted by atomic mass is 16.3. The van der Waals surface area contributed by atoms with Gasteiger partial charge < -0.3 is 15.4 Å². The summed E-state index contributed by atoms with van der Waals surface area (Å²) in [6, 6.07) is 15.5. The molecule has 0 saturated heterocycles. The average Bonchev–Trinajstić information content (AvgIpc) is 3.02. The van der Waals surface area contributed by atoms with Gasteiger partial charge in [-0.3, -0.25) is 14.9 Å². The highest BCUT2D eigenvalue weighted by Gasteiger charge is 2.21. The van der Waals surface area contributed by atoms with Crippen LogP contribution in [-0.2, 0) is 16.0 Å². The molecule has 1 aromatic heterocycles. The van der Waals surface area contributed by atoms with E-state index in [1.54, 1.807) is 0 Å². The monoisotopic (exact) mass is 338 g/mol. The Morgan fingerprint density at radius 3 is 2.52 bits per heavy atom. The van der Waals surface area contributed by atoms with Crippen LogP contribution in [0.1, 0.15) is 5.56 Å². The Morgan fingerprint density at radius 1 is 1.08 bits per heavy atom. The van der Waals surface area contributed by atoms with Gasteiger partial charge in [-0.15, -0.1) is 0 Å². The van der Waals surface area contributed by atoms with E-state index >= 15 is 0 Å². The summed E-state index contributed by atoms with van der Waals surface area (Å²) < 4.78 is 0. The van der Waals surface area contributed by atoms with Gasteiger partial charge in [0.25, 0.3) is 5.91 Å². The summed E-state index contributed by atoms with van der Waals surface area (Å²) in [5.74, 6) is -0.616. The van der Waals surface area contributed by atoms with Crippen molar-refractivity contribution in [2.75, 3.05) is 11.9 Å². The summed E-state index contributed by atoms with van der Waals surface area (Å²) in [6.45, 7) is -0.507. The first-order valence-electron chi connectivity index (χ1n) is 7.85. The van der Waals surface area contributed by atoms with Crippen molar-refractivity contribution in [2.24, 2.45) is 0 Å². The van der Waals surface area contributed by atoms with E-state index in [0.29, 0.717) is 5.52 Å². The first-order chi connectivity index (χ1) is 12.2. The number of amides is 2. The number of nitrogens with zero attached hydrogens (tertiary/aromatic N) is 1. The maximum Gasteiger partial charge on any atom is 0.251 e. The van der Waals surface area contributed by atoms with Crippen LogP contribution in [0.2, 0.25) is 0 Å². The van der Waals surface area contributed by atoms with Crippen LogP contribution in [0.4, 0.5) is 5.95 Å². The Hall–Kier alpha value is -3.19. The van der Waals surface area contributed by atoms with Crippen molar-refractivity contribution < 1.29 is 14.7 Å². The molecule has 1 unspecified atom stereocenters. The number of aromatic nitrogens is 2. The molecule has 0 saturated carbocycles. The lowest BCUT2D eigenvalue weighted by molar-refractivity contribution is -0.127. The second-order valence-corrected chi connectivity index (χ2v) is 5.56. The number of anilines is 1. The number of hydrogen-bond donors (Lipinski definition) is 4. The van der Waals surface area contributed by atoms with Gasteiger partial charge in [0, 0.05) is 0 Å². The maximum atomic E-state index is 12.3. The van der Waals surface area contributed by atoms with Gasteiger partial charge in [-0.2, -0.15) is 0 Å². The second kappa shape index (κ2) is 7.59. The zero-order chi connectivity index (χ0) is 17.6. The molecule has 0 aliphatic rings. The predicted molar refractivity (Wildman–Crippen MR) is 93.9 cm³/mol. The van der Waals surface area contributed by atoms with Gasteiger partial charge in [-0.05, 0) is 17.7 Å². The normalized spacial score (nSPS) is 11.9. The fourth-order valence-electron chi connectivity index (χ4n) is 2.44. The highest BCUT2D eigenvalue weighted by molar-refractivity contribution is 5.97. The van der Waals surface area contributed by atoms with E-state index < -0.39 is 18.6 Å². The SMILES string of the molecule is O=C(Cc1ccccc1)NC(CO)C(=O)Nc1nc2ccccc2[nH]1. The van der Waals surface area contributed by atoms with E-state index in [2.05, 4.69) is 20.6 Å². The highest BCUT2D eigenvalue weighted by Crippen LogP contribution is 2.13. The van der Waals surface area contributed by atoms with Gasteiger partial charge in [-0.1, -0.05) is 42.5 Å². The van der Waals surface area contributed by atoms with E-state index in [9.17, 15) is 14.7 Å². The molecule has 0 aliphatic carbocycles. The number of imidazole rings is 1. The van der Waals surface area contributed by atoms with E-state index in [-0.39, 0.29) is 18.3 Å². The Labute approximate surface area is 144 Å². The van der Waals surface area contributed by atoms with Gasteiger partial charge in [0.15, 0.2) is 0 Å². The molecule has 0 radical (unpaired) electrons. The third-order valence-electron chi connectivity index (χ3n) is 3.67. The smallest absolute Gasteiger partial charge is 0.251 e. The summed E-state index contributed by atoms with van der Waals surface area (Å²) in [7, 11) is 0. The van der Waals surface area contributed by atoms with Crippen LogP contribution in [-0.4, -0.2) is 39.5 Å². The predicted octanol–water partition coefficient (Wildman–Crippen LogP) is 1.22. The van der Waals surface area contributed by atoms with Gasteiger partial charge in [0.1, 0.15) is 6.04 Å². The topological polar surface area (TPSA) is 107 Å². The number of benzene rings is 2. The van der Waals surface area contributed by atoms with Crippen LogP contribution < -0.4 is 10.6 Å². The Kier molecular flexibility index (Phi) is 5.06. The van der Waals surface area contributed by atoms with Gasteiger partial charge >= 0.3 is 0 Å². The zero-order valence-corrected chi connectivity index (χ0v) is 13.4. The van der Waals surface area contributed by atoms with E-state index in [0.717, 1.165) is 11.1 Å². The first kappa shape index (κ1) is 16.7. The molecule has 1 atom stereocenters. The molecular weight excluding hydrogens is 320 g/mol. The lowest BCUT2D eigenvalue weighted by atomic mass is 10.1. The lowest BCUT2D eigenvalue weighted by Gasteiger charge is -2.15. The quantitative estimate of drug-likeness (QED) is 0.542. The molecule has 0 fully saturated rings. The first-order valence-corrected chi connectivity index (χ1v) is 7.85. The molecule has 3 rings (SSSR count). The molecule has 7 nitrogen and oxygen atoms in total. The number of nitrogens with one attached hydrogen (secondary N) is 3. The number of carbonyl (C=O) groups excluding carboxylic acids is 2. The molecule has 128 valence electrons. The molecule has 4 N–H and O–H groups in total. The fraction of sp³-hybridized carbons (Fsp3) is 0.167. The number of carbonyl (C=O) groups is 2. The van der Waals surface area contributed by atoms with Crippen molar-refractivity contribution in [3.63, 3.8) is 0 Å². The van der Waals surface area contributed by atoms with Crippen molar-refractivity contribution in [3.8, 4) is 0 Å². The van der Waals surface area contributed by atoms with E-state index in [4.69, 9.17) is 0 Å². The Bertz CT molecular complexity index is 843. The molecule has 0 bridgehead atoms. The third-order valence-corrected chi connectivity index (χ3v) is 3.67. The number of H-pyrrole nitrogens is 1. The molecule has 2 aromatic carbocycles. The molecule has 3 aromatic rings. The number of para-hydroxylation sites is 2. The lowest BCUT2D eigenvalue weighted by Crippen LogP contribution is -2.46. The van der Waals surface area contributed by atoms with Crippen molar-refractivity contribution >= 4 is 28.8 Å². The maximum absolute atomic E-state index is 12.3. The minimum Gasteiger partial charge on any atom is -0.394 e. The van der Waals surface area contributed by atoms with Crippen molar-refractivity contribution in [1.82, 2.24) is 15.3 Å². The molecule has 0 spiro atoms. The second-order valence-electron chi connectivity index (χ2n) is 5.56. The Morgan fingerprint density at radius 2 is 1.80 bits per heavy atom. The summed E-state index contributed by atoms with van der Waals surface area (Å²) in [5, 5.41) is 14.5. The van der Waals surface area contributed by atoms with E-state index in [1.807, 2.05) is 54.6 Å². The van der Waals surface area contributed by atoms with Crippen molar-refractivity contribution in [2.45, 2.75) is 12.5 Å². The van der Waals surface area contributed by atoms with Gasteiger partial charge in [-0.25, -0.2) is 4.98 Å². The molecule has 2 amide bonds. The fourth-order valence-corrected chi connectivity index (χ4v) is 2.44. The number of fused-ring (bicyclic) bond motifs is 1. The molecule has 25 heavy (non-hydrogen) atoms. The minimum atomic E-state index is -1.05. The van der Waals surface area contributed by atoms with Gasteiger partial charge in [0.05, 0.1) is 24.1 Å². The number of aromatic amines is 1. The Balaban J connectivity index is 1.61. The standard InChI is InChI=1S/C18H18N4O3/c23-11-15(19-16(24)10-12-6-2-1-3-7-12)17(25)22-18-20-13-8-4-5-9-14(13)21-18/h1-9,15,23H,10-11H2,(H,19,24)(H2,20,21,22,25). The van der Waals surface area contributed by atoms with Gasteiger partial charge in [0.2, 0.25) is 11.9 Å². The van der Waals surface area contributed by atoms with Crippen LogP contribution in [0, 0.1) is 0 Å². The molecule has 7 heteroatoms. The summed E-state index contributed by atoms with van der Waals surface area (Å²) in [6.07, 6.45) is 0.134. The molecule has 0 aliphatic heterocycles.